The number of carbonyl (C=O) groups is 2. The number of anilines is 1. The fraction of sp³-hybridized carbons (Fsp3) is 0.286. The maximum Gasteiger partial charge on any atom is 0.240 e. The molecule has 0 aliphatic rings. The van der Waals surface area contributed by atoms with Crippen molar-refractivity contribution in [2.24, 2.45) is 5.10 Å². The van der Waals surface area contributed by atoms with Gasteiger partial charge in [0.15, 0.2) is 11.5 Å². The third-order valence-electron chi connectivity index (χ3n) is 4.13. The van der Waals surface area contributed by atoms with Gasteiger partial charge in [-0.05, 0) is 42.8 Å². The molecular weight excluding hydrogens is 410 g/mol. The first-order valence-electron chi connectivity index (χ1n) is 9.05. The van der Waals surface area contributed by atoms with E-state index in [2.05, 4.69) is 15.8 Å². The van der Waals surface area contributed by atoms with Crippen LogP contribution in [0.2, 0.25) is 5.02 Å². The van der Waals surface area contributed by atoms with Gasteiger partial charge in [-0.3, -0.25) is 9.59 Å². The molecule has 0 saturated heterocycles. The molecule has 0 heterocycles. The van der Waals surface area contributed by atoms with E-state index in [1.807, 2.05) is 6.92 Å². The van der Waals surface area contributed by atoms with Gasteiger partial charge in [0.25, 0.3) is 0 Å². The van der Waals surface area contributed by atoms with Gasteiger partial charge in [-0.1, -0.05) is 11.6 Å². The van der Waals surface area contributed by atoms with Crippen LogP contribution in [0, 0.1) is 6.92 Å². The Balaban J connectivity index is 1.88. The minimum atomic E-state index is -0.387. The average Bonchev–Trinajstić information content (AvgIpc) is 2.73. The minimum Gasteiger partial charge on any atom is -0.493 e. The topological polar surface area (TPSA) is 98.2 Å². The number of nitrogens with one attached hydrogen (secondary N) is 2. The molecule has 2 amide bonds. The number of rotatable bonds is 9. The molecule has 0 spiro atoms. The Morgan fingerprint density at radius 3 is 2.20 bits per heavy atom. The Hall–Kier alpha value is -3.26. The first kappa shape index (κ1) is 23.0. The molecule has 0 aliphatic carbocycles. The molecule has 0 aliphatic heterocycles. The second kappa shape index (κ2) is 11.1. The zero-order chi connectivity index (χ0) is 22.1. The Morgan fingerprint density at radius 1 is 1.00 bits per heavy atom. The van der Waals surface area contributed by atoms with Crippen LogP contribution in [0.5, 0.6) is 17.2 Å². The summed E-state index contributed by atoms with van der Waals surface area (Å²) in [6, 6.07) is 8.55. The van der Waals surface area contributed by atoms with Gasteiger partial charge < -0.3 is 19.5 Å². The molecule has 0 fully saturated rings. The Labute approximate surface area is 180 Å². The third-order valence-corrected chi connectivity index (χ3v) is 4.37. The van der Waals surface area contributed by atoms with Crippen molar-refractivity contribution in [1.82, 2.24) is 5.43 Å². The highest BCUT2D eigenvalue weighted by molar-refractivity contribution is 6.30. The van der Waals surface area contributed by atoms with E-state index in [1.54, 1.807) is 30.3 Å². The lowest BCUT2D eigenvalue weighted by Gasteiger charge is -2.12. The molecule has 0 atom stereocenters. The summed E-state index contributed by atoms with van der Waals surface area (Å²) in [7, 11) is 4.53. The van der Waals surface area contributed by atoms with Crippen molar-refractivity contribution in [2.45, 2.75) is 19.8 Å². The lowest BCUT2D eigenvalue weighted by atomic mass is 10.2. The lowest BCUT2D eigenvalue weighted by Crippen LogP contribution is -2.20. The number of ether oxygens (including phenoxy) is 3. The number of aryl methyl sites for hydroxylation is 1. The van der Waals surface area contributed by atoms with Crippen LogP contribution >= 0.6 is 11.6 Å². The second-order valence-electron chi connectivity index (χ2n) is 6.26. The Morgan fingerprint density at radius 2 is 1.63 bits per heavy atom. The Kier molecular flexibility index (Phi) is 8.49. The van der Waals surface area contributed by atoms with Crippen molar-refractivity contribution >= 4 is 35.3 Å². The molecule has 2 aromatic carbocycles. The van der Waals surface area contributed by atoms with E-state index < -0.39 is 0 Å². The summed E-state index contributed by atoms with van der Waals surface area (Å²) >= 11 is 5.90. The van der Waals surface area contributed by atoms with Gasteiger partial charge in [-0.15, -0.1) is 0 Å². The lowest BCUT2D eigenvalue weighted by molar-refractivity contribution is -0.124. The summed E-state index contributed by atoms with van der Waals surface area (Å²) in [5.74, 6) is 0.742. The number of methoxy groups -OCH3 is 3. The molecule has 8 nitrogen and oxygen atoms in total. The number of hydrogen-bond acceptors (Lipinski definition) is 6. The minimum absolute atomic E-state index is 0.00886. The predicted molar refractivity (Wildman–Crippen MR) is 116 cm³/mol. The highest BCUT2D eigenvalue weighted by Gasteiger charge is 2.12. The van der Waals surface area contributed by atoms with Gasteiger partial charge in [0.05, 0.1) is 27.5 Å². The quantitative estimate of drug-likeness (QED) is 0.465. The average molecular weight is 434 g/mol. The van der Waals surface area contributed by atoms with Gasteiger partial charge >= 0.3 is 0 Å². The molecule has 0 unspecified atom stereocenters. The molecule has 0 saturated carbocycles. The zero-order valence-electron chi connectivity index (χ0n) is 17.2. The van der Waals surface area contributed by atoms with Crippen LogP contribution in [0.1, 0.15) is 24.0 Å². The molecule has 2 aromatic rings. The molecule has 160 valence electrons. The van der Waals surface area contributed by atoms with E-state index in [0.717, 1.165) is 5.56 Å². The van der Waals surface area contributed by atoms with Crippen LogP contribution in [0.25, 0.3) is 0 Å². The summed E-state index contributed by atoms with van der Waals surface area (Å²) in [4.78, 5) is 24.0. The first-order valence-corrected chi connectivity index (χ1v) is 9.43. The van der Waals surface area contributed by atoms with Crippen LogP contribution < -0.4 is 25.0 Å². The van der Waals surface area contributed by atoms with Crippen LogP contribution in [0.3, 0.4) is 0 Å². The van der Waals surface area contributed by atoms with E-state index in [0.29, 0.717) is 33.5 Å². The van der Waals surface area contributed by atoms with Crippen molar-refractivity contribution in [3.05, 3.63) is 46.5 Å². The third kappa shape index (κ3) is 6.38. The molecule has 2 rings (SSSR count). The fourth-order valence-corrected chi connectivity index (χ4v) is 2.84. The predicted octanol–water partition coefficient (Wildman–Crippen LogP) is 3.54. The molecule has 0 radical (unpaired) electrons. The summed E-state index contributed by atoms with van der Waals surface area (Å²) in [6.07, 6.45) is 1.46. The zero-order valence-corrected chi connectivity index (χ0v) is 18.0. The number of carbonyl (C=O) groups excluding carboxylic acids is 2. The van der Waals surface area contributed by atoms with Gasteiger partial charge in [0, 0.05) is 29.1 Å². The number of nitrogens with zero attached hydrogens (tertiary/aromatic N) is 1. The number of hydrogen-bond donors (Lipinski definition) is 2. The fourth-order valence-electron chi connectivity index (χ4n) is 2.62. The van der Waals surface area contributed by atoms with Crippen molar-refractivity contribution < 1.29 is 23.8 Å². The maximum atomic E-state index is 12.0. The smallest absolute Gasteiger partial charge is 0.240 e. The van der Waals surface area contributed by atoms with Crippen molar-refractivity contribution in [3.63, 3.8) is 0 Å². The van der Waals surface area contributed by atoms with Gasteiger partial charge in [-0.25, -0.2) is 5.43 Å². The molecular formula is C21H24ClN3O5. The molecule has 0 aromatic heterocycles. The van der Waals surface area contributed by atoms with Crippen LogP contribution in [0.4, 0.5) is 5.69 Å². The van der Waals surface area contributed by atoms with E-state index in [1.165, 1.54) is 27.5 Å². The number of halogens is 1. The van der Waals surface area contributed by atoms with E-state index in [4.69, 9.17) is 25.8 Å². The highest BCUT2D eigenvalue weighted by Crippen LogP contribution is 2.37. The van der Waals surface area contributed by atoms with Gasteiger partial charge in [0.1, 0.15) is 0 Å². The Bertz CT molecular complexity index is 921. The van der Waals surface area contributed by atoms with Gasteiger partial charge in [0.2, 0.25) is 17.6 Å². The van der Waals surface area contributed by atoms with Crippen molar-refractivity contribution in [3.8, 4) is 17.2 Å². The largest absolute Gasteiger partial charge is 0.493 e. The highest BCUT2D eigenvalue weighted by atomic mass is 35.5. The number of amides is 2. The number of benzene rings is 2. The van der Waals surface area contributed by atoms with Crippen LogP contribution in [0.15, 0.2) is 35.4 Å². The monoisotopic (exact) mass is 433 g/mol. The van der Waals surface area contributed by atoms with Crippen molar-refractivity contribution in [1.29, 1.82) is 0 Å². The number of hydrazone groups is 1. The SMILES string of the molecule is COc1cc(/C=N/NC(=O)CCC(=O)Nc2ccc(Cl)cc2C)cc(OC)c1OC. The van der Waals surface area contributed by atoms with E-state index >= 15 is 0 Å². The van der Waals surface area contributed by atoms with Crippen LogP contribution in [-0.4, -0.2) is 39.4 Å². The molecule has 30 heavy (non-hydrogen) atoms. The summed E-state index contributed by atoms with van der Waals surface area (Å²) in [5.41, 5.74) is 4.53. The standard InChI is InChI=1S/C21H24ClN3O5/c1-13-9-15(22)5-6-16(13)24-19(26)7-8-20(27)25-23-12-14-10-17(28-2)21(30-4)18(11-14)29-3/h5-6,9-12H,7-8H2,1-4H3,(H,24,26)(H,25,27)/b23-12+. The maximum absolute atomic E-state index is 12.0. The molecule has 0 bridgehead atoms. The van der Waals surface area contributed by atoms with E-state index in [-0.39, 0.29) is 24.7 Å². The summed E-state index contributed by atoms with van der Waals surface area (Å²) in [6.45, 7) is 1.84. The molecule has 9 heteroatoms. The summed E-state index contributed by atoms with van der Waals surface area (Å²) < 4.78 is 15.8. The van der Waals surface area contributed by atoms with Crippen molar-refractivity contribution in [2.75, 3.05) is 26.6 Å². The summed E-state index contributed by atoms with van der Waals surface area (Å²) in [5, 5.41) is 7.26. The van der Waals surface area contributed by atoms with E-state index in [9.17, 15) is 9.59 Å². The normalized spacial score (nSPS) is 10.6. The first-order chi connectivity index (χ1) is 14.4. The van der Waals surface area contributed by atoms with Gasteiger partial charge in [-0.2, -0.15) is 5.10 Å². The molecule has 2 N–H and O–H groups in total. The van der Waals surface area contributed by atoms with Crippen LogP contribution in [-0.2, 0) is 9.59 Å². The second-order valence-corrected chi connectivity index (χ2v) is 6.70.